The molecule has 27 heavy (non-hydrogen) atoms. The van der Waals surface area contributed by atoms with Gasteiger partial charge in [0.15, 0.2) is 0 Å². The molecule has 5 heteroatoms. The van der Waals surface area contributed by atoms with E-state index in [4.69, 9.17) is 0 Å². The number of likely N-dealkylation sites (tertiary alicyclic amines) is 1. The van der Waals surface area contributed by atoms with Crippen molar-refractivity contribution in [1.29, 1.82) is 0 Å². The Balaban J connectivity index is 1.61. The third-order valence-corrected chi connectivity index (χ3v) is 4.90. The van der Waals surface area contributed by atoms with Crippen molar-refractivity contribution in [2.45, 2.75) is 33.2 Å². The van der Waals surface area contributed by atoms with Gasteiger partial charge in [-0.05, 0) is 56.5 Å². The summed E-state index contributed by atoms with van der Waals surface area (Å²) in [6.45, 7) is 5.32. The van der Waals surface area contributed by atoms with E-state index in [1.807, 2.05) is 32.0 Å². The number of piperidine rings is 1. The fourth-order valence-electron chi connectivity index (χ4n) is 3.64. The molecule has 2 aromatic carbocycles. The third-order valence-electron chi connectivity index (χ3n) is 4.90. The van der Waals surface area contributed by atoms with Crippen molar-refractivity contribution < 1.29 is 14.0 Å². The van der Waals surface area contributed by atoms with Crippen LogP contribution in [-0.4, -0.2) is 29.8 Å². The number of carbonyl (C=O) groups is 2. The first-order valence-electron chi connectivity index (χ1n) is 9.32. The van der Waals surface area contributed by atoms with Gasteiger partial charge in [0.2, 0.25) is 5.91 Å². The molecule has 0 bridgehead atoms. The number of benzene rings is 2. The molecule has 1 fully saturated rings. The predicted molar refractivity (Wildman–Crippen MR) is 103 cm³/mol. The zero-order valence-electron chi connectivity index (χ0n) is 15.8. The largest absolute Gasteiger partial charge is 0.352 e. The summed E-state index contributed by atoms with van der Waals surface area (Å²) in [6.07, 6.45) is 1.56. The van der Waals surface area contributed by atoms with Crippen LogP contribution in [0.2, 0.25) is 0 Å². The Bertz CT molecular complexity index is 830. The molecule has 1 N–H and O–H groups in total. The van der Waals surface area contributed by atoms with E-state index in [-0.39, 0.29) is 30.1 Å². The maximum atomic E-state index is 13.2. The molecule has 2 amide bonds. The summed E-state index contributed by atoms with van der Waals surface area (Å²) in [5.74, 6) is -0.659. The van der Waals surface area contributed by atoms with Crippen molar-refractivity contribution in [3.63, 3.8) is 0 Å². The van der Waals surface area contributed by atoms with Crippen molar-refractivity contribution >= 4 is 11.8 Å². The molecule has 1 saturated heterocycles. The summed E-state index contributed by atoms with van der Waals surface area (Å²) in [4.78, 5) is 27.1. The zero-order chi connectivity index (χ0) is 19.4. The van der Waals surface area contributed by atoms with Crippen molar-refractivity contribution in [2.75, 3.05) is 13.1 Å². The first-order chi connectivity index (χ1) is 12.9. The highest BCUT2D eigenvalue weighted by molar-refractivity contribution is 5.95. The highest BCUT2D eigenvalue weighted by Gasteiger charge is 2.29. The lowest BCUT2D eigenvalue weighted by Gasteiger charge is -2.32. The van der Waals surface area contributed by atoms with Gasteiger partial charge in [0, 0.05) is 25.2 Å². The number of nitrogens with zero attached hydrogens (tertiary/aromatic N) is 1. The highest BCUT2D eigenvalue weighted by Crippen LogP contribution is 2.20. The molecule has 0 spiro atoms. The fourth-order valence-corrected chi connectivity index (χ4v) is 3.64. The van der Waals surface area contributed by atoms with Gasteiger partial charge in [-0.1, -0.05) is 29.3 Å². The first-order valence-corrected chi connectivity index (χ1v) is 9.32. The van der Waals surface area contributed by atoms with E-state index in [0.717, 1.165) is 29.5 Å². The number of halogens is 1. The van der Waals surface area contributed by atoms with Crippen LogP contribution in [0.4, 0.5) is 4.39 Å². The normalized spacial score (nSPS) is 16.9. The second-order valence-corrected chi connectivity index (χ2v) is 7.31. The molecule has 3 rings (SSSR count). The minimum absolute atomic E-state index is 0.0237. The molecule has 0 aromatic heterocycles. The van der Waals surface area contributed by atoms with Crippen molar-refractivity contribution in [1.82, 2.24) is 10.2 Å². The lowest BCUT2D eigenvalue weighted by molar-refractivity contribution is -0.126. The number of aryl methyl sites for hydroxylation is 2. The van der Waals surface area contributed by atoms with E-state index in [9.17, 15) is 14.0 Å². The molecule has 1 atom stereocenters. The molecule has 2 aromatic rings. The molecule has 1 aliphatic rings. The standard InChI is InChI=1S/C22H25FN2O2/c1-15-9-16(2)11-19(10-15)22(27)25-8-4-6-18(14-25)21(26)24-13-17-5-3-7-20(23)12-17/h3,5,7,9-12,18H,4,6,8,13-14H2,1-2H3,(H,24,26). The lowest BCUT2D eigenvalue weighted by Crippen LogP contribution is -2.45. The van der Waals surface area contributed by atoms with Crippen LogP contribution in [0.15, 0.2) is 42.5 Å². The van der Waals surface area contributed by atoms with Gasteiger partial charge in [-0.3, -0.25) is 9.59 Å². The Morgan fingerprint density at radius 2 is 1.89 bits per heavy atom. The molecule has 142 valence electrons. The van der Waals surface area contributed by atoms with Gasteiger partial charge in [0.05, 0.1) is 5.92 Å². The topological polar surface area (TPSA) is 49.4 Å². The van der Waals surface area contributed by atoms with Gasteiger partial charge in [-0.15, -0.1) is 0 Å². The Morgan fingerprint density at radius 3 is 2.59 bits per heavy atom. The second kappa shape index (κ2) is 8.33. The van der Waals surface area contributed by atoms with Crippen molar-refractivity contribution in [3.05, 3.63) is 70.5 Å². The average molecular weight is 368 g/mol. The Hall–Kier alpha value is -2.69. The second-order valence-electron chi connectivity index (χ2n) is 7.31. The number of carbonyl (C=O) groups excluding carboxylic acids is 2. The number of nitrogens with one attached hydrogen (secondary N) is 1. The number of rotatable bonds is 4. The van der Waals surface area contributed by atoms with Crippen LogP contribution < -0.4 is 5.32 Å². The molecule has 1 unspecified atom stereocenters. The molecule has 0 saturated carbocycles. The number of amides is 2. The fraction of sp³-hybridized carbons (Fsp3) is 0.364. The van der Waals surface area contributed by atoms with Crippen LogP contribution in [0.25, 0.3) is 0 Å². The van der Waals surface area contributed by atoms with E-state index in [2.05, 4.69) is 5.32 Å². The SMILES string of the molecule is Cc1cc(C)cc(C(=O)N2CCCC(C(=O)NCc3cccc(F)c3)C2)c1. The average Bonchev–Trinajstić information content (AvgIpc) is 2.65. The van der Waals surface area contributed by atoms with E-state index >= 15 is 0 Å². The van der Waals surface area contributed by atoms with Crippen LogP contribution in [0.5, 0.6) is 0 Å². The quantitative estimate of drug-likeness (QED) is 0.896. The maximum absolute atomic E-state index is 13.2. The van der Waals surface area contributed by atoms with E-state index < -0.39 is 0 Å². The van der Waals surface area contributed by atoms with Gasteiger partial charge in [0.1, 0.15) is 5.82 Å². The van der Waals surface area contributed by atoms with Gasteiger partial charge < -0.3 is 10.2 Å². The van der Waals surface area contributed by atoms with Crippen LogP contribution >= 0.6 is 0 Å². The Morgan fingerprint density at radius 1 is 1.15 bits per heavy atom. The van der Waals surface area contributed by atoms with E-state index in [0.29, 0.717) is 18.7 Å². The van der Waals surface area contributed by atoms with Gasteiger partial charge in [-0.25, -0.2) is 4.39 Å². The minimum Gasteiger partial charge on any atom is -0.352 e. The smallest absolute Gasteiger partial charge is 0.253 e. The molecule has 1 aliphatic heterocycles. The summed E-state index contributed by atoms with van der Waals surface area (Å²) in [6, 6.07) is 12.0. The van der Waals surface area contributed by atoms with Crippen molar-refractivity contribution in [3.8, 4) is 0 Å². The summed E-state index contributed by atoms with van der Waals surface area (Å²) in [7, 11) is 0. The first kappa shape index (κ1) is 19.1. The minimum atomic E-state index is -0.315. The number of hydrogen-bond donors (Lipinski definition) is 1. The molecule has 0 radical (unpaired) electrons. The zero-order valence-corrected chi connectivity index (χ0v) is 15.8. The Labute approximate surface area is 159 Å². The summed E-state index contributed by atoms with van der Waals surface area (Å²) in [5.41, 5.74) is 3.51. The van der Waals surface area contributed by atoms with Crippen LogP contribution in [0.3, 0.4) is 0 Å². The van der Waals surface area contributed by atoms with Crippen LogP contribution in [0, 0.1) is 25.6 Å². The monoisotopic (exact) mass is 368 g/mol. The summed E-state index contributed by atoms with van der Waals surface area (Å²) < 4.78 is 13.2. The maximum Gasteiger partial charge on any atom is 0.253 e. The van der Waals surface area contributed by atoms with E-state index in [1.165, 1.54) is 12.1 Å². The number of hydrogen-bond acceptors (Lipinski definition) is 2. The third kappa shape index (κ3) is 4.94. The predicted octanol–water partition coefficient (Wildman–Crippen LogP) is 3.61. The molecule has 1 heterocycles. The lowest BCUT2D eigenvalue weighted by atomic mass is 9.96. The van der Waals surface area contributed by atoms with Gasteiger partial charge in [-0.2, -0.15) is 0 Å². The molecular weight excluding hydrogens is 343 g/mol. The summed E-state index contributed by atoms with van der Waals surface area (Å²) >= 11 is 0. The van der Waals surface area contributed by atoms with E-state index in [1.54, 1.807) is 17.0 Å². The van der Waals surface area contributed by atoms with Gasteiger partial charge in [0.25, 0.3) is 5.91 Å². The van der Waals surface area contributed by atoms with Gasteiger partial charge >= 0.3 is 0 Å². The highest BCUT2D eigenvalue weighted by atomic mass is 19.1. The van der Waals surface area contributed by atoms with Crippen LogP contribution in [0.1, 0.15) is 39.9 Å². The molecular formula is C22H25FN2O2. The van der Waals surface area contributed by atoms with Crippen LogP contribution in [-0.2, 0) is 11.3 Å². The molecule has 4 nitrogen and oxygen atoms in total. The Kier molecular flexibility index (Phi) is 5.89. The van der Waals surface area contributed by atoms with Crippen molar-refractivity contribution in [2.24, 2.45) is 5.92 Å². The summed E-state index contributed by atoms with van der Waals surface area (Å²) in [5, 5.41) is 2.87. The molecule has 0 aliphatic carbocycles.